The van der Waals surface area contributed by atoms with Gasteiger partial charge in [0.2, 0.25) is 5.91 Å². The second-order valence-electron chi connectivity index (χ2n) is 3.43. The number of carbonyl (C=O) groups is 1. The van der Waals surface area contributed by atoms with E-state index in [2.05, 4.69) is 15.6 Å². The predicted octanol–water partition coefficient (Wildman–Crippen LogP) is -0.707. The van der Waals surface area contributed by atoms with Crippen LogP contribution in [0.15, 0.2) is 4.99 Å². The number of rotatable bonds is 3. The van der Waals surface area contributed by atoms with Gasteiger partial charge in [-0.2, -0.15) is 0 Å². The zero-order valence-corrected chi connectivity index (χ0v) is 8.64. The van der Waals surface area contributed by atoms with Crippen molar-refractivity contribution in [2.24, 2.45) is 16.1 Å². The molecule has 0 atom stereocenters. The van der Waals surface area contributed by atoms with Crippen LogP contribution in [0.5, 0.6) is 0 Å². The van der Waals surface area contributed by atoms with E-state index in [1.54, 1.807) is 14.1 Å². The van der Waals surface area contributed by atoms with Crippen LogP contribution >= 0.6 is 0 Å². The molecule has 0 spiro atoms. The fraction of sp³-hybridized carbons (Fsp3) is 0.750. The Morgan fingerprint density at radius 3 is 2.46 bits per heavy atom. The first-order chi connectivity index (χ1) is 5.94. The van der Waals surface area contributed by atoms with Gasteiger partial charge in [0.15, 0.2) is 5.96 Å². The number of nitrogens with two attached hydrogens (primary N) is 1. The summed E-state index contributed by atoms with van der Waals surface area (Å²) >= 11 is 0. The Balaban J connectivity index is 4.11. The molecule has 0 saturated heterocycles. The maximum absolute atomic E-state index is 11.3. The summed E-state index contributed by atoms with van der Waals surface area (Å²) in [6.07, 6.45) is 0. The van der Waals surface area contributed by atoms with Crippen LogP contribution in [0, 0.1) is 5.41 Å². The van der Waals surface area contributed by atoms with Crippen LogP contribution in [0.25, 0.3) is 0 Å². The quantitative estimate of drug-likeness (QED) is 0.402. The second kappa shape index (κ2) is 4.69. The summed E-state index contributed by atoms with van der Waals surface area (Å²) in [6.45, 7) is 4.14. The molecule has 0 aliphatic carbocycles. The summed E-state index contributed by atoms with van der Waals surface area (Å²) in [5.41, 5.74) is 4.95. The highest BCUT2D eigenvalue weighted by molar-refractivity contribution is 5.83. The Morgan fingerprint density at radius 2 is 2.08 bits per heavy atom. The SMILES string of the molecule is CN=C(N)NCC(C)(C)C(=O)NC. The van der Waals surface area contributed by atoms with Crippen LogP contribution in [0.2, 0.25) is 0 Å². The predicted molar refractivity (Wildman–Crippen MR) is 53.4 cm³/mol. The fourth-order valence-corrected chi connectivity index (χ4v) is 0.809. The number of nitrogens with zero attached hydrogens (tertiary/aromatic N) is 1. The average Bonchev–Trinajstić information content (AvgIpc) is 2.12. The second-order valence-corrected chi connectivity index (χ2v) is 3.43. The first-order valence-corrected chi connectivity index (χ1v) is 4.12. The summed E-state index contributed by atoms with van der Waals surface area (Å²) < 4.78 is 0. The minimum atomic E-state index is -0.482. The first-order valence-electron chi connectivity index (χ1n) is 4.12. The van der Waals surface area contributed by atoms with Gasteiger partial charge >= 0.3 is 0 Å². The van der Waals surface area contributed by atoms with Gasteiger partial charge in [-0.1, -0.05) is 0 Å². The number of hydrogen-bond acceptors (Lipinski definition) is 2. The van der Waals surface area contributed by atoms with E-state index in [1.807, 2.05) is 13.8 Å². The summed E-state index contributed by atoms with van der Waals surface area (Å²) in [5, 5.41) is 5.44. The lowest BCUT2D eigenvalue weighted by Crippen LogP contribution is -2.45. The molecule has 76 valence electrons. The summed E-state index contributed by atoms with van der Waals surface area (Å²) in [5.74, 6) is 0.320. The Labute approximate surface area is 78.8 Å². The number of hydrogen-bond donors (Lipinski definition) is 3. The minimum absolute atomic E-state index is 0.0242. The maximum atomic E-state index is 11.3. The van der Waals surface area contributed by atoms with Crippen LogP contribution in [0.4, 0.5) is 0 Å². The number of guanidine groups is 1. The van der Waals surface area contributed by atoms with Crippen molar-refractivity contribution in [3.05, 3.63) is 0 Å². The largest absolute Gasteiger partial charge is 0.370 e. The Hall–Kier alpha value is -1.26. The topological polar surface area (TPSA) is 79.5 Å². The van der Waals surface area contributed by atoms with E-state index in [-0.39, 0.29) is 5.91 Å². The lowest BCUT2D eigenvalue weighted by molar-refractivity contribution is -0.128. The highest BCUT2D eigenvalue weighted by atomic mass is 16.2. The zero-order chi connectivity index (χ0) is 10.5. The van der Waals surface area contributed by atoms with Crippen molar-refractivity contribution >= 4 is 11.9 Å². The smallest absolute Gasteiger partial charge is 0.227 e. The van der Waals surface area contributed by atoms with Crippen LogP contribution in [0.3, 0.4) is 0 Å². The van der Waals surface area contributed by atoms with Gasteiger partial charge in [-0.25, -0.2) is 0 Å². The first kappa shape index (κ1) is 11.7. The van der Waals surface area contributed by atoms with Crippen LogP contribution < -0.4 is 16.4 Å². The molecule has 0 radical (unpaired) electrons. The van der Waals surface area contributed by atoms with Crippen molar-refractivity contribution in [1.29, 1.82) is 0 Å². The molecule has 0 fully saturated rings. The highest BCUT2D eigenvalue weighted by Crippen LogP contribution is 2.12. The highest BCUT2D eigenvalue weighted by Gasteiger charge is 2.26. The molecule has 13 heavy (non-hydrogen) atoms. The monoisotopic (exact) mass is 186 g/mol. The van der Waals surface area contributed by atoms with Gasteiger partial charge < -0.3 is 16.4 Å². The van der Waals surface area contributed by atoms with Gasteiger partial charge in [-0.3, -0.25) is 9.79 Å². The zero-order valence-electron chi connectivity index (χ0n) is 8.64. The maximum Gasteiger partial charge on any atom is 0.227 e. The van der Waals surface area contributed by atoms with Crippen molar-refractivity contribution in [2.45, 2.75) is 13.8 Å². The van der Waals surface area contributed by atoms with Gasteiger partial charge in [-0.15, -0.1) is 0 Å². The van der Waals surface area contributed by atoms with E-state index in [4.69, 9.17) is 5.73 Å². The number of nitrogens with one attached hydrogen (secondary N) is 2. The molecule has 0 aliphatic heterocycles. The molecule has 1 amide bonds. The van der Waals surface area contributed by atoms with Crippen molar-refractivity contribution < 1.29 is 4.79 Å². The van der Waals surface area contributed by atoms with Crippen LogP contribution in [-0.4, -0.2) is 32.5 Å². The molecule has 0 saturated carbocycles. The molecular formula is C8H18N4O. The van der Waals surface area contributed by atoms with Gasteiger partial charge in [0.1, 0.15) is 0 Å². The number of carbonyl (C=O) groups excluding carboxylic acids is 1. The number of aliphatic imine (C=N–C) groups is 1. The van der Waals surface area contributed by atoms with E-state index < -0.39 is 5.41 Å². The summed E-state index contributed by atoms with van der Waals surface area (Å²) in [7, 11) is 3.20. The van der Waals surface area contributed by atoms with Gasteiger partial charge in [-0.05, 0) is 13.8 Å². The Bertz CT molecular complexity index is 210. The van der Waals surface area contributed by atoms with Crippen molar-refractivity contribution in [2.75, 3.05) is 20.6 Å². The fourth-order valence-electron chi connectivity index (χ4n) is 0.809. The standard InChI is InChI=1S/C8H18N4O/c1-8(2,6(13)10-3)5-12-7(9)11-4/h5H2,1-4H3,(H,10,13)(H3,9,11,12). The molecule has 5 heteroatoms. The average molecular weight is 186 g/mol. The molecule has 5 nitrogen and oxygen atoms in total. The lowest BCUT2D eigenvalue weighted by Gasteiger charge is -2.22. The van der Waals surface area contributed by atoms with Crippen molar-refractivity contribution in [1.82, 2.24) is 10.6 Å². The van der Waals surface area contributed by atoms with Crippen molar-refractivity contribution in [3.63, 3.8) is 0 Å². The van der Waals surface area contributed by atoms with E-state index in [9.17, 15) is 4.79 Å². The summed E-state index contributed by atoms with van der Waals surface area (Å²) in [4.78, 5) is 15.0. The van der Waals surface area contributed by atoms with E-state index in [0.29, 0.717) is 12.5 Å². The molecule has 0 aromatic rings. The molecule has 4 N–H and O–H groups in total. The molecule has 0 aromatic carbocycles. The van der Waals surface area contributed by atoms with Crippen molar-refractivity contribution in [3.8, 4) is 0 Å². The molecule has 0 bridgehead atoms. The van der Waals surface area contributed by atoms with Crippen LogP contribution in [-0.2, 0) is 4.79 Å². The van der Waals surface area contributed by atoms with E-state index in [0.717, 1.165) is 0 Å². The molecule has 0 aliphatic rings. The Morgan fingerprint density at radius 1 is 1.54 bits per heavy atom. The molecule has 0 rings (SSSR count). The summed E-state index contributed by atoms with van der Waals surface area (Å²) in [6, 6.07) is 0. The van der Waals surface area contributed by atoms with Crippen LogP contribution in [0.1, 0.15) is 13.8 Å². The Kier molecular flexibility index (Phi) is 4.23. The third kappa shape index (κ3) is 3.78. The van der Waals surface area contributed by atoms with E-state index >= 15 is 0 Å². The lowest BCUT2D eigenvalue weighted by atomic mass is 9.92. The van der Waals surface area contributed by atoms with E-state index in [1.165, 1.54) is 0 Å². The normalized spacial score (nSPS) is 12.5. The number of amides is 1. The third-order valence-electron chi connectivity index (χ3n) is 1.79. The molecule has 0 heterocycles. The third-order valence-corrected chi connectivity index (χ3v) is 1.79. The minimum Gasteiger partial charge on any atom is -0.370 e. The van der Waals surface area contributed by atoms with Gasteiger partial charge in [0, 0.05) is 20.6 Å². The molecule has 0 unspecified atom stereocenters. The van der Waals surface area contributed by atoms with Gasteiger partial charge in [0.05, 0.1) is 5.41 Å². The van der Waals surface area contributed by atoms with Gasteiger partial charge in [0.25, 0.3) is 0 Å². The molecule has 0 aromatic heterocycles. The molecular weight excluding hydrogens is 168 g/mol.